The van der Waals surface area contributed by atoms with E-state index < -0.39 is 0 Å². The van der Waals surface area contributed by atoms with Gasteiger partial charge >= 0.3 is 0 Å². The lowest BCUT2D eigenvalue weighted by Crippen LogP contribution is -2.36. The van der Waals surface area contributed by atoms with E-state index in [-0.39, 0.29) is 5.91 Å². The van der Waals surface area contributed by atoms with E-state index in [9.17, 15) is 4.79 Å². The summed E-state index contributed by atoms with van der Waals surface area (Å²) in [6.07, 6.45) is 42.3. The molecule has 0 radical (unpaired) electrons. The molecular formula is C40H73N3O. The number of carbonyl (C=O) groups is 1. The minimum Gasteiger partial charge on any atom is -0.357 e. The maximum atomic E-state index is 12.3. The molecule has 4 nitrogen and oxygen atoms in total. The minimum absolute atomic E-state index is 0.225. The van der Waals surface area contributed by atoms with Gasteiger partial charge in [-0.3, -0.25) is 9.79 Å². The van der Waals surface area contributed by atoms with Crippen LogP contribution >= 0.6 is 0 Å². The maximum Gasteiger partial charge on any atom is 0.220 e. The normalized spacial score (nSPS) is 18.6. The van der Waals surface area contributed by atoms with Crippen molar-refractivity contribution in [3.05, 3.63) is 23.8 Å². The summed E-state index contributed by atoms with van der Waals surface area (Å²) >= 11 is 0. The number of hydrogen-bond donors (Lipinski definition) is 1. The van der Waals surface area contributed by atoms with Crippen LogP contribution in [0.15, 0.2) is 28.8 Å². The van der Waals surface area contributed by atoms with Gasteiger partial charge in [0.1, 0.15) is 0 Å². The Morgan fingerprint density at radius 1 is 0.795 bits per heavy atom. The van der Waals surface area contributed by atoms with E-state index in [1.165, 1.54) is 160 Å². The molecule has 1 aliphatic carbocycles. The van der Waals surface area contributed by atoms with E-state index in [2.05, 4.69) is 42.3 Å². The molecule has 44 heavy (non-hydrogen) atoms. The summed E-state index contributed by atoms with van der Waals surface area (Å²) in [7, 11) is 0. The molecule has 1 heterocycles. The van der Waals surface area contributed by atoms with Crippen molar-refractivity contribution in [3.8, 4) is 0 Å². The number of amides is 1. The van der Waals surface area contributed by atoms with Crippen molar-refractivity contribution in [3.63, 3.8) is 0 Å². The summed E-state index contributed by atoms with van der Waals surface area (Å²) < 4.78 is 0. The van der Waals surface area contributed by atoms with Gasteiger partial charge in [-0.25, -0.2) is 0 Å². The van der Waals surface area contributed by atoms with Crippen molar-refractivity contribution >= 4 is 11.7 Å². The van der Waals surface area contributed by atoms with Crippen LogP contribution in [0.2, 0.25) is 0 Å². The minimum atomic E-state index is 0.225. The number of nitrogens with one attached hydrogen (secondary N) is 1. The predicted molar refractivity (Wildman–Crippen MR) is 194 cm³/mol. The maximum absolute atomic E-state index is 12.3. The SMILES string of the molecule is CCCCCCCC/C=C\CCCCCCCC1=NCCN1CCNC(=O)CCCCCCC/C=C1/CCCCCCC1C. The van der Waals surface area contributed by atoms with Gasteiger partial charge in [0, 0.05) is 32.5 Å². The van der Waals surface area contributed by atoms with Crippen LogP contribution in [0.25, 0.3) is 0 Å². The van der Waals surface area contributed by atoms with E-state index in [1.807, 2.05) is 0 Å². The predicted octanol–water partition coefficient (Wildman–Crippen LogP) is 11.5. The second kappa shape index (κ2) is 27.7. The monoisotopic (exact) mass is 612 g/mol. The summed E-state index contributed by atoms with van der Waals surface area (Å²) in [5.41, 5.74) is 1.73. The molecule has 2 rings (SSSR count). The van der Waals surface area contributed by atoms with Crippen molar-refractivity contribution in [1.29, 1.82) is 0 Å². The van der Waals surface area contributed by atoms with Gasteiger partial charge < -0.3 is 10.2 Å². The fourth-order valence-corrected chi connectivity index (χ4v) is 6.90. The highest BCUT2D eigenvalue weighted by Crippen LogP contribution is 2.27. The fraction of sp³-hybridized carbons (Fsp3) is 0.850. The number of amidine groups is 1. The topological polar surface area (TPSA) is 44.7 Å². The zero-order valence-electron chi connectivity index (χ0n) is 29.5. The Hall–Kier alpha value is -1.58. The lowest BCUT2D eigenvalue weighted by molar-refractivity contribution is -0.121. The van der Waals surface area contributed by atoms with Crippen LogP contribution < -0.4 is 5.32 Å². The van der Waals surface area contributed by atoms with E-state index in [0.717, 1.165) is 44.9 Å². The molecule has 0 aromatic rings. The number of rotatable bonds is 26. The Morgan fingerprint density at radius 3 is 2.18 bits per heavy atom. The van der Waals surface area contributed by atoms with Crippen LogP contribution in [0, 0.1) is 5.92 Å². The molecule has 1 N–H and O–H groups in total. The standard InChI is InChI=1S/C40H73N3O/c1-3-4-5-6-7-8-9-10-11-12-13-14-15-19-26-31-39-41-33-35-43(39)36-34-42-40(44)32-27-20-17-16-18-24-29-38-30-25-22-21-23-28-37(38)2/h10-11,29,37H,3-9,12-28,30-36H2,1-2H3,(H,42,44)/b11-10-,38-29-. The van der Waals surface area contributed by atoms with E-state index in [4.69, 9.17) is 4.99 Å². The van der Waals surface area contributed by atoms with Crippen molar-refractivity contribution in [1.82, 2.24) is 10.2 Å². The van der Waals surface area contributed by atoms with Crippen molar-refractivity contribution in [2.45, 2.75) is 187 Å². The first-order valence-electron chi connectivity index (χ1n) is 19.6. The van der Waals surface area contributed by atoms with Crippen molar-refractivity contribution < 1.29 is 4.79 Å². The number of allylic oxidation sites excluding steroid dienone is 4. The number of nitrogens with zero attached hydrogens (tertiary/aromatic N) is 2. The van der Waals surface area contributed by atoms with Gasteiger partial charge in [-0.2, -0.15) is 0 Å². The molecule has 0 aromatic carbocycles. The van der Waals surface area contributed by atoms with Crippen LogP contribution in [0.5, 0.6) is 0 Å². The summed E-state index contributed by atoms with van der Waals surface area (Å²) in [5.74, 6) is 2.30. The van der Waals surface area contributed by atoms with Crippen LogP contribution in [0.1, 0.15) is 187 Å². The molecule has 1 saturated carbocycles. The molecule has 0 spiro atoms. The Morgan fingerprint density at radius 2 is 1.43 bits per heavy atom. The second-order valence-electron chi connectivity index (χ2n) is 13.9. The van der Waals surface area contributed by atoms with Crippen LogP contribution in [0.3, 0.4) is 0 Å². The zero-order chi connectivity index (χ0) is 31.3. The highest BCUT2D eigenvalue weighted by atomic mass is 16.1. The average Bonchev–Trinajstić information content (AvgIpc) is 3.46. The van der Waals surface area contributed by atoms with Gasteiger partial charge in [0.15, 0.2) is 0 Å². The Balaban J connectivity index is 1.37. The van der Waals surface area contributed by atoms with Gasteiger partial charge in [0.2, 0.25) is 5.91 Å². The molecule has 1 aliphatic heterocycles. The first-order chi connectivity index (χ1) is 21.7. The molecule has 2 aliphatic rings. The molecular weight excluding hydrogens is 538 g/mol. The van der Waals surface area contributed by atoms with Gasteiger partial charge in [-0.15, -0.1) is 0 Å². The number of hydrogen-bond acceptors (Lipinski definition) is 3. The lowest BCUT2D eigenvalue weighted by Gasteiger charge is -2.20. The molecule has 254 valence electrons. The van der Waals surface area contributed by atoms with Gasteiger partial charge in [0.25, 0.3) is 0 Å². The van der Waals surface area contributed by atoms with Crippen molar-refractivity contribution in [2.24, 2.45) is 10.9 Å². The second-order valence-corrected chi connectivity index (χ2v) is 13.9. The Bertz CT molecular complexity index is 785. The van der Waals surface area contributed by atoms with E-state index >= 15 is 0 Å². The average molecular weight is 612 g/mol. The molecule has 4 heteroatoms. The smallest absolute Gasteiger partial charge is 0.220 e. The molecule has 1 fully saturated rings. The third-order valence-electron chi connectivity index (χ3n) is 9.90. The van der Waals surface area contributed by atoms with Crippen LogP contribution in [-0.2, 0) is 4.79 Å². The third kappa shape index (κ3) is 20.5. The van der Waals surface area contributed by atoms with Crippen LogP contribution in [-0.4, -0.2) is 42.8 Å². The summed E-state index contributed by atoms with van der Waals surface area (Å²) in [4.78, 5) is 19.5. The number of unbranched alkanes of at least 4 members (excludes halogenated alkanes) is 16. The van der Waals surface area contributed by atoms with E-state index in [1.54, 1.807) is 5.57 Å². The van der Waals surface area contributed by atoms with Gasteiger partial charge in [0.05, 0.1) is 12.4 Å². The Labute approximate surface area is 274 Å². The number of aliphatic imine (C=N–C) groups is 1. The molecule has 0 saturated heterocycles. The summed E-state index contributed by atoms with van der Waals surface area (Å²) in [5, 5.41) is 3.16. The van der Waals surface area contributed by atoms with E-state index in [0.29, 0.717) is 6.42 Å². The van der Waals surface area contributed by atoms with Gasteiger partial charge in [-0.05, 0) is 76.5 Å². The summed E-state index contributed by atoms with van der Waals surface area (Å²) in [6.45, 7) is 8.31. The largest absolute Gasteiger partial charge is 0.357 e. The summed E-state index contributed by atoms with van der Waals surface area (Å²) in [6, 6.07) is 0. The molecule has 1 atom stereocenters. The fourth-order valence-electron chi connectivity index (χ4n) is 6.90. The Kier molecular flexibility index (Phi) is 24.3. The van der Waals surface area contributed by atoms with Gasteiger partial charge in [-0.1, -0.05) is 128 Å². The third-order valence-corrected chi connectivity index (χ3v) is 9.90. The molecule has 1 amide bonds. The first kappa shape index (κ1) is 38.6. The zero-order valence-corrected chi connectivity index (χ0v) is 29.5. The van der Waals surface area contributed by atoms with Crippen molar-refractivity contribution in [2.75, 3.05) is 26.2 Å². The van der Waals surface area contributed by atoms with Crippen LogP contribution in [0.4, 0.5) is 0 Å². The quantitative estimate of drug-likeness (QED) is 0.0781. The highest BCUT2D eigenvalue weighted by Gasteiger charge is 2.16. The highest BCUT2D eigenvalue weighted by molar-refractivity contribution is 5.83. The number of carbonyl (C=O) groups excluding carboxylic acids is 1. The lowest BCUT2D eigenvalue weighted by atomic mass is 9.87. The molecule has 1 unspecified atom stereocenters. The molecule has 0 bridgehead atoms. The first-order valence-corrected chi connectivity index (χ1v) is 19.6. The molecule has 0 aromatic heterocycles.